The van der Waals surface area contributed by atoms with Crippen LogP contribution < -0.4 is 10.7 Å². The second kappa shape index (κ2) is 5.82. The van der Waals surface area contributed by atoms with Crippen LogP contribution in [0.3, 0.4) is 0 Å². The number of rotatable bonds is 4. The van der Waals surface area contributed by atoms with Crippen molar-refractivity contribution in [1.29, 1.82) is 0 Å². The number of piperidine rings is 1. The lowest BCUT2D eigenvalue weighted by atomic mass is 10.2. The Morgan fingerprint density at radius 1 is 1.24 bits per heavy atom. The van der Waals surface area contributed by atoms with E-state index in [0.717, 1.165) is 31.1 Å². The lowest BCUT2D eigenvalue weighted by Crippen LogP contribution is -2.35. The first-order chi connectivity index (χ1) is 8.28. The Bertz CT molecular complexity index is 360. The Balaban J connectivity index is 2.03. The molecule has 2 rings (SSSR count). The maximum Gasteiger partial charge on any atom is 0.224 e. The van der Waals surface area contributed by atoms with E-state index in [1.165, 1.54) is 19.3 Å². The van der Waals surface area contributed by atoms with Crippen LogP contribution in [0.15, 0.2) is 6.07 Å². The molecule has 0 amide bonds. The Morgan fingerprint density at radius 2 is 2.00 bits per heavy atom. The molecule has 1 aromatic heterocycles. The minimum atomic E-state index is 0.701. The van der Waals surface area contributed by atoms with Gasteiger partial charge in [-0.25, -0.2) is 9.99 Å². The predicted molar refractivity (Wildman–Crippen MR) is 70.0 cm³/mol. The molecule has 0 unspecified atom stereocenters. The first kappa shape index (κ1) is 12.1. The van der Waals surface area contributed by atoms with Gasteiger partial charge in [0.05, 0.1) is 0 Å². The van der Waals surface area contributed by atoms with Crippen LogP contribution in [0.2, 0.25) is 0 Å². The summed E-state index contributed by atoms with van der Waals surface area (Å²) in [5.41, 5.74) is 4.34. The van der Waals surface area contributed by atoms with Crippen molar-refractivity contribution in [2.24, 2.45) is 0 Å². The zero-order chi connectivity index (χ0) is 12.1. The Labute approximate surface area is 103 Å². The molecule has 0 aromatic carbocycles. The standard InChI is InChI=1S/C12H21N5/c1-3-13-12-14-10(2)9-11(15-12)16-17-7-5-4-6-8-17/h9H,3-8H2,1-2H3,(H2,13,14,15,16). The molecular formula is C12H21N5. The highest BCUT2D eigenvalue weighted by Crippen LogP contribution is 2.13. The van der Waals surface area contributed by atoms with Gasteiger partial charge in [-0.2, -0.15) is 4.98 Å². The fourth-order valence-electron chi connectivity index (χ4n) is 2.03. The monoisotopic (exact) mass is 235 g/mol. The second-order valence-electron chi connectivity index (χ2n) is 4.41. The number of aryl methyl sites for hydroxylation is 1. The molecule has 1 aliphatic rings. The Kier molecular flexibility index (Phi) is 4.14. The summed E-state index contributed by atoms with van der Waals surface area (Å²) in [6.07, 6.45) is 3.86. The number of hydrogen-bond donors (Lipinski definition) is 2. The summed E-state index contributed by atoms with van der Waals surface area (Å²) in [5.74, 6) is 1.59. The van der Waals surface area contributed by atoms with Gasteiger partial charge < -0.3 is 10.7 Å². The van der Waals surface area contributed by atoms with Crippen molar-refractivity contribution in [3.05, 3.63) is 11.8 Å². The van der Waals surface area contributed by atoms with Crippen LogP contribution in [0.1, 0.15) is 31.9 Å². The van der Waals surface area contributed by atoms with Gasteiger partial charge in [0.25, 0.3) is 0 Å². The van der Waals surface area contributed by atoms with Gasteiger partial charge in [0, 0.05) is 31.4 Å². The van der Waals surface area contributed by atoms with E-state index in [4.69, 9.17) is 0 Å². The summed E-state index contributed by atoms with van der Waals surface area (Å²) in [6, 6.07) is 1.98. The van der Waals surface area contributed by atoms with Crippen LogP contribution in [0, 0.1) is 6.92 Å². The van der Waals surface area contributed by atoms with Crippen LogP contribution in [-0.4, -0.2) is 34.6 Å². The SMILES string of the molecule is CCNc1nc(C)cc(NN2CCCCC2)n1. The number of hydrazine groups is 1. The van der Waals surface area contributed by atoms with E-state index in [9.17, 15) is 0 Å². The minimum Gasteiger partial charge on any atom is -0.354 e. The van der Waals surface area contributed by atoms with E-state index >= 15 is 0 Å². The lowest BCUT2D eigenvalue weighted by molar-refractivity contribution is 0.272. The molecule has 0 atom stereocenters. The number of aromatic nitrogens is 2. The van der Waals surface area contributed by atoms with Crippen molar-refractivity contribution in [2.45, 2.75) is 33.1 Å². The van der Waals surface area contributed by atoms with Gasteiger partial charge in [-0.3, -0.25) is 0 Å². The molecule has 94 valence electrons. The van der Waals surface area contributed by atoms with E-state index < -0.39 is 0 Å². The zero-order valence-electron chi connectivity index (χ0n) is 10.7. The largest absolute Gasteiger partial charge is 0.354 e. The van der Waals surface area contributed by atoms with Crippen LogP contribution in [0.5, 0.6) is 0 Å². The molecule has 1 aliphatic heterocycles. The van der Waals surface area contributed by atoms with Crippen LogP contribution >= 0.6 is 0 Å². The lowest BCUT2D eigenvalue weighted by Gasteiger charge is -2.27. The molecule has 5 nitrogen and oxygen atoms in total. The zero-order valence-corrected chi connectivity index (χ0v) is 10.7. The van der Waals surface area contributed by atoms with E-state index in [2.05, 4.69) is 25.7 Å². The minimum absolute atomic E-state index is 0.701. The molecule has 0 aliphatic carbocycles. The molecule has 0 bridgehead atoms. The molecule has 2 heterocycles. The van der Waals surface area contributed by atoms with Crippen molar-refractivity contribution in [2.75, 3.05) is 30.4 Å². The molecule has 0 saturated carbocycles. The van der Waals surface area contributed by atoms with Crippen LogP contribution in [0.25, 0.3) is 0 Å². The molecule has 5 heteroatoms. The normalized spacial score (nSPS) is 16.8. The van der Waals surface area contributed by atoms with Gasteiger partial charge in [0.1, 0.15) is 5.82 Å². The number of nitrogens with zero attached hydrogens (tertiary/aromatic N) is 3. The van der Waals surface area contributed by atoms with Gasteiger partial charge in [-0.1, -0.05) is 6.42 Å². The third-order valence-corrected chi connectivity index (χ3v) is 2.82. The summed E-state index contributed by atoms with van der Waals surface area (Å²) in [5, 5.41) is 5.38. The van der Waals surface area contributed by atoms with Gasteiger partial charge in [0.2, 0.25) is 5.95 Å². The van der Waals surface area contributed by atoms with Gasteiger partial charge in [0.15, 0.2) is 0 Å². The van der Waals surface area contributed by atoms with E-state index in [0.29, 0.717) is 5.95 Å². The van der Waals surface area contributed by atoms with Crippen molar-refractivity contribution < 1.29 is 0 Å². The molecule has 1 aromatic rings. The maximum absolute atomic E-state index is 4.44. The summed E-state index contributed by atoms with van der Waals surface area (Å²) >= 11 is 0. The molecule has 0 radical (unpaired) electrons. The number of anilines is 2. The van der Waals surface area contributed by atoms with Gasteiger partial charge >= 0.3 is 0 Å². The van der Waals surface area contributed by atoms with Gasteiger partial charge in [-0.05, 0) is 26.7 Å². The first-order valence-electron chi connectivity index (χ1n) is 6.39. The van der Waals surface area contributed by atoms with Crippen LogP contribution in [0.4, 0.5) is 11.8 Å². The highest BCUT2D eigenvalue weighted by atomic mass is 15.5. The van der Waals surface area contributed by atoms with E-state index in [1.54, 1.807) is 0 Å². The van der Waals surface area contributed by atoms with Gasteiger partial charge in [-0.15, -0.1) is 0 Å². The second-order valence-corrected chi connectivity index (χ2v) is 4.41. The smallest absolute Gasteiger partial charge is 0.224 e. The molecule has 17 heavy (non-hydrogen) atoms. The summed E-state index contributed by atoms with van der Waals surface area (Å²) in [4.78, 5) is 8.78. The molecule has 2 N–H and O–H groups in total. The quantitative estimate of drug-likeness (QED) is 0.836. The Morgan fingerprint density at radius 3 is 2.71 bits per heavy atom. The first-order valence-corrected chi connectivity index (χ1v) is 6.39. The number of hydrogen-bond acceptors (Lipinski definition) is 5. The molecular weight excluding hydrogens is 214 g/mol. The summed E-state index contributed by atoms with van der Waals surface area (Å²) in [6.45, 7) is 7.07. The van der Waals surface area contributed by atoms with Crippen molar-refractivity contribution in [1.82, 2.24) is 15.0 Å². The van der Waals surface area contributed by atoms with Crippen molar-refractivity contribution in [3.63, 3.8) is 0 Å². The average Bonchev–Trinajstić information content (AvgIpc) is 2.30. The highest BCUT2D eigenvalue weighted by molar-refractivity contribution is 5.41. The number of nitrogens with one attached hydrogen (secondary N) is 2. The fraction of sp³-hybridized carbons (Fsp3) is 0.667. The third-order valence-electron chi connectivity index (χ3n) is 2.82. The maximum atomic E-state index is 4.44. The summed E-state index contributed by atoms with van der Waals surface area (Å²) in [7, 11) is 0. The topological polar surface area (TPSA) is 53.1 Å². The van der Waals surface area contributed by atoms with E-state index in [-0.39, 0.29) is 0 Å². The predicted octanol–water partition coefficient (Wildman–Crippen LogP) is 2.03. The third kappa shape index (κ3) is 3.56. The summed E-state index contributed by atoms with van der Waals surface area (Å²) < 4.78 is 0. The van der Waals surface area contributed by atoms with Crippen molar-refractivity contribution >= 4 is 11.8 Å². The molecule has 1 fully saturated rings. The fourth-order valence-corrected chi connectivity index (χ4v) is 2.03. The average molecular weight is 235 g/mol. The molecule has 1 saturated heterocycles. The molecule has 0 spiro atoms. The van der Waals surface area contributed by atoms with Crippen LogP contribution in [-0.2, 0) is 0 Å². The van der Waals surface area contributed by atoms with Crippen molar-refractivity contribution in [3.8, 4) is 0 Å². The highest BCUT2D eigenvalue weighted by Gasteiger charge is 2.11. The Hall–Kier alpha value is -1.36. The van der Waals surface area contributed by atoms with E-state index in [1.807, 2.05) is 19.9 Å².